The summed E-state index contributed by atoms with van der Waals surface area (Å²) in [4.78, 5) is 0. The van der Waals surface area contributed by atoms with Crippen LogP contribution in [-0.2, 0) is 5.41 Å². The fourth-order valence-corrected chi connectivity index (χ4v) is 3.43. The topological polar surface area (TPSA) is 44.5 Å². The van der Waals surface area contributed by atoms with Gasteiger partial charge in [-0.25, -0.2) is 0 Å². The Balaban J connectivity index is 2.49. The van der Waals surface area contributed by atoms with Gasteiger partial charge in [-0.2, -0.15) is 0 Å². The van der Waals surface area contributed by atoms with Gasteiger partial charge in [0.2, 0.25) is 0 Å². The largest absolute Gasteiger partial charge is 0.495 e. The Morgan fingerprint density at radius 3 is 2.45 bits per heavy atom. The van der Waals surface area contributed by atoms with Crippen LogP contribution in [0.15, 0.2) is 12.1 Å². The summed E-state index contributed by atoms with van der Waals surface area (Å²) in [6, 6.07) is 3.89. The van der Waals surface area contributed by atoms with Crippen LogP contribution in [0.25, 0.3) is 0 Å². The Morgan fingerprint density at radius 1 is 1.20 bits per heavy atom. The first kappa shape index (κ1) is 15.5. The SMILES string of the molecule is CCOc1cc(OC)c(Cl)cc1C1(CN)CCCCC1. The monoisotopic (exact) mass is 297 g/mol. The first-order chi connectivity index (χ1) is 9.66. The zero-order valence-corrected chi connectivity index (χ0v) is 13.1. The Kier molecular flexibility index (Phi) is 5.17. The summed E-state index contributed by atoms with van der Waals surface area (Å²) < 4.78 is 11.1. The van der Waals surface area contributed by atoms with Crippen molar-refractivity contribution in [3.63, 3.8) is 0 Å². The Bertz CT molecular complexity index is 456. The zero-order valence-electron chi connectivity index (χ0n) is 12.4. The minimum absolute atomic E-state index is 0.00132. The summed E-state index contributed by atoms with van der Waals surface area (Å²) in [5, 5.41) is 0.629. The number of halogens is 1. The normalized spacial score (nSPS) is 17.8. The predicted molar refractivity (Wildman–Crippen MR) is 83.0 cm³/mol. The van der Waals surface area contributed by atoms with Gasteiger partial charge in [0, 0.05) is 23.6 Å². The van der Waals surface area contributed by atoms with Crippen LogP contribution in [0.2, 0.25) is 5.02 Å². The number of benzene rings is 1. The Morgan fingerprint density at radius 2 is 1.90 bits per heavy atom. The van der Waals surface area contributed by atoms with E-state index in [1.807, 2.05) is 19.1 Å². The molecule has 0 radical (unpaired) electrons. The third-order valence-corrected chi connectivity index (χ3v) is 4.62. The molecule has 0 amide bonds. The van der Waals surface area contributed by atoms with Gasteiger partial charge in [0.05, 0.1) is 18.7 Å². The lowest BCUT2D eigenvalue weighted by Crippen LogP contribution is -2.37. The van der Waals surface area contributed by atoms with E-state index >= 15 is 0 Å². The fourth-order valence-electron chi connectivity index (χ4n) is 3.19. The summed E-state index contributed by atoms with van der Waals surface area (Å²) in [6.45, 7) is 3.25. The van der Waals surface area contributed by atoms with Crippen LogP contribution in [0.1, 0.15) is 44.6 Å². The summed E-state index contributed by atoms with van der Waals surface area (Å²) in [7, 11) is 1.62. The highest BCUT2D eigenvalue weighted by molar-refractivity contribution is 6.32. The van der Waals surface area contributed by atoms with Crippen LogP contribution >= 0.6 is 11.6 Å². The van der Waals surface area contributed by atoms with Crippen molar-refractivity contribution in [3.8, 4) is 11.5 Å². The molecule has 2 N–H and O–H groups in total. The predicted octanol–water partition coefficient (Wildman–Crippen LogP) is 3.91. The maximum atomic E-state index is 6.32. The lowest BCUT2D eigenvalue weighted by Gasteiger charge is -2.38. The van der Waals surface area contributed by atoms with Gasteiger partial charge in [0.15, 0.2) is 0 Å². The van der Waals surface area contributed by atoms with E-state index in [0.29, 0.717) is 23.9 Å². The minimum atomic E-state index is -0.00132. The van der Waals surface area contributed by atoms with Crippen LogP contribution < -0.4 is 15.2 Å². The molecule has 1 fully saturated rings. The van der Waals surface area contributed by atoms with Crippen LogP contribution in [0.5, 0.6) is 11.5 Å². The second kappa shape index (κ2) is 6.68. The molecule has 1 aliphatic carbocycles. The number of ether oxygens (including phenoxy) is 2. The van der Waals surface area contributed by atoms with E-state index in [4.69, 9.17) is 26.8 Å². The molecule has 0 atom stereocenters. The average molecular weight is 298 g/mol. The summed E-state index contributed by atoms with van der Waals surface area (Å²) >= 11 is 6.32. The fraction of sp³-hybridized carbons (Fsp3) is 0.625. The van der Waals surface area contributed by atoms with E-state index in [1.165, 1.54) is 19.3 Å². The van der Waals surface area contributed by atoms with Crippen molar-refractivity contribution in [1.82, 2.24) is 0 Å². The molecule has 1 aliphatic rings. The number of hydrogen-bond donors (Lipinski definition) is 1. The van der Waals surface area contributed by atoms with E-state index in [-0.39, 0.29) is 5.41 Å². The summed E-state index contributed by atoms with van der Waals surface area (Å²) in [5.74, 6) is 1.52. The minimum Gasteiger partial charge on any atom is -0.495 e. The first-order valence-corrected chi connectivity index (χ1v) is 7.75. The molecular formula is C16H24ClNO2. The van der Waals surface area contributed by atoms with Crippen molar-refractivity contribution in [2.75, 3.05) is 20.3 Å². The van der Waals surface area contributed by atoms with Gasteiger partial charge in [-0.05, 0) is 25.8 Å². The smallest absolute Gasteiger partial charge is 0.141 e. The zero-order chi connectivity index (χ0) is 14.6. The van der Waals surface area contributed by atoms with Crippen LogP contribution in [-0.4, -0.2) is 20.3 Å². The lowest BCUT2D eigenvalue weighted by molar-refractivity contribution is 0.275. The molecule has 0 aromatic heterocycles. The highest BCUT2D eigenvalue weighted by atomic mass is 35.5. The number of nitrogens with two attached hydrogens (primary N) is 1. The molecule has 1 aromatic carbocycles. The van der Waals surface area contributed by atoms with Gasteiger partial charge >= 0.3 is 0 Å². The van der Waals surface area contributed by atoms with Gasteiger partial charge in [-0.3, -0.25) is 0 Å². The van der Waals surface area contributed by atoms with Crippen molar-refractivity contribution >= 4 is 11.6 Å². The summed E-state index contributed by atoms with van der Waals surface area (Å²) in [6.07, 6.45) is 5.92. The van der Waals surface area contributed by atoms with Crippen molar-refractivity contribution < 1.29 is 9.47 Å². The molecule has 2 rings (SSSR count). The van der Waals surface area contributed by atoms with Gasteiger partial charge in [-0.15, -0.1) is 0 Å². The average Bonchev–Trinajstić information content (AvgIpc) is 2.49. The Labute approximate surface area is 126 Å². The number of rotatable bonds is 5. The van der Waals surface area contributed by atoms with E-state index in [0.717, 1.165) is 24.2 Å². The highest BCUT2D eigenvalue weighted by Gasteiger charge is 2.35. The maximum absolute atomic E-state index is 6.32. The standard InChI is InChI=1S/C16H24ClNO2/c1-3-20-14-10-15(19-2)13(17)9-12(14)16(11-18)7-5-4-6-8-16/h9-10H,3-8,11,18H2,1-2H3. The maximum Gasteiger partial charge on any atom is 0.141 e. The van der Waals surface area contributed by atoms with Crippen LogP contribution in [0.4, 0.5) is 0 Å². The molecule has 20 heavy (non-hydrogen) atoms. The molecule has 4 heteroatoms. The Hall–Kier alpha value is -0.930. The molecule has 1 aromatic rings. The molecule has 112 valence electrons. The number of methoxy groups -OCH3 is 1. The molecule has 0 spiro atoms. The summed E-state index contributed by atoms with van der Waals surface area (Å²) in [5.41, 5.74) is 7.27. The van der Waals surface area contributed by atoms with Crippen LogP contribution in [0.3, 0.4) is 0 Å². The molecule has 0 heterocycles. The van der Waals surface area contributed by atoms with E-state index in [2.05, 4.69) is 0 Å². The third kappa shape index (κ3) is 2.89. The second-order valence-electron chi connectivity index (χ2n) is 5.46. The lowest BCUT2D eigenvalue weighted by atomic mass is 9.69. The molecule has 1 saturated carbocycles. The van der Waals surface area contributed by atoms with Crippen molar-refractivity contribution in [2.45, 2.75) is 44.4 Å². The molecule has 0 saturated heterocycles. The van der Waals surface area contributed by atoms with Crippen molar-refractivity contribution in [3.05, 3.63) is 22.7 Å². The third-order valence-electron chi connectivity index (χ3n) is 4.33. The highest BCUT2D eigenvalue weighted by Crippen LogP contribution is 2.45. The van der Waals surface area contributed by atoms with Gasteiger partial charge in [0.25, 0.3) is 0 Å². The molecule has 0 aliphatic heterocycles. The van der Waals surface area contributed by atoms with E-state index in [9.17, 15) is 0 Å². The van der Waals surface area contributed by atoms with Crippen molar-refractivity contribution in [2.24, 2.45) is 5.73 Å². The molecule has 3 nitrogen and oxygen atoms in total. The van der Waals surface area contributed by atoms with Gasteiger partial charge in [-0.1, -0.05) is 30.9 Å². The van der Waals surface area contributed by atoms with Gasteiger partial charge < -0.3 is 15.2 Å². The van der Waals surface area contributed by atoms with E-state index < -0.39 is 0 Å². The first-order valence-electron chi connectivity index (χ1n) is 7.37. The van der Waals surface area contributed by atoms with E-state index in [1.54, 1.807) is 7.11 Å². The molecular weight excluding hydrogens is 274 g/mol. The second-order valence-corrected chi connectivity index (χ2v) is 5.87. The molecule has 0 bridgehead atoms. The molecule has 0 unspecified atom stereocenters. The van der Waals surface area contributed by atoms with Gasteiger partial charge in [0.1, 0.15) is 11.5 Å². The van der Waals surface area contributed by atoms with Crippen molar-refractivity contribution in [1.29, 1.82) is 0 Å². The van der Waals surface area contributed by atoms with Crippen LogP contribution in [0, 0.1) is 0 Å². The quantitative estimate of drug-likeness (QED) is 0.896. The number of hydrogen-bond acceptors (Lipinski definition) is 3.